The van der Waals surface area contributed by atoms with E-state index in [9.17, 15) is 29.1 Å². The quantitative estimate of drug-likeness (QED) is 0.218. The molecule has 0 aromatic heterocycles. The number of hydrogen-bond acceptors (Lipinski definition) is 8. The first kappa shape index (κ1) is 38.6. The van der Waals surface area contributed by atoms with Gasteiger partial charge in [-0.2, -0.15) is 0 Å². The van der Waals surface area contributed by atoms with Gasteiger partial charge in [0.1, 0.15) is 35.1 Å². The van der Waals surface area contributed by atoms with E-state index in [1.165, 1.54) is 29.2 Å². The number of aromatic hydroxyl groups is 1. The summed E-state index contributed by atoms with van der Waals surface area (Å²) in [6.07, 6.45) is -0.749. The van der Waals surface area contributed by atoms with Crippen molar-refractivity contribution in [2.45, 2.75) is 116 Å². The van der Waals surface area contributed by atoms with Crippen LogP contribution in [0.2, 0.25) is 0 Å². The number of phenols is 1. The minimum absolute atomic E-state index is 0.0593. The molecule has 0 aliphatic carbocycles. The maximum absolute atomic E-state index is 14.4. The summed E-state index contributed by atoms with van der Waals surface area (Å²) in [6, 6.07) is 10.6. The zero-order valence-corrected chi connectivity index (χ0v) is 28.7. The number of primary amides is 1. The van der Waals surface area contributed by atoms with Crippen LogP contribution in [-0.2, 0) is 35.1 Å². The van der Waals surface area contributed by atoms with Gasteiger partial charge in [-0.05, 0) is 84.6 Å². The van der Waals surface area contributed by atoms with Crippen molar-refractivity contribution < 1.29 is 38.6 Å². The normalized spacial score (nSPS) is 14.1. The minimum Gasteiger partial charge on any atom is -0.508 e. The number of amides is 4. The Kier molecular flexibility index (Phi) is 13.8. The Hall–Kier alpha value is -4.61. The van der Waals surface area contributed by atoms with Crippen molar-refractivity contribution in [3.05, 3.63) is 65.7 Å². The lowest BCUT2D eigenvalue weighted by atomic mass is 9.97. The molecule has 2 aromatic rings. The molecule has 47 heavy (non-hydrogen) atoms. The number of alkyl carbamates (subject to hydrolysis) is 1. The topological polar surface area (TPSA) is 177 Å². The number of nitrogens with one attached hydrogen (secondary N) is 2. The fourth-order valence-electron chi connectivity index (χ4n) is 4.73. The minimum atomic E-state index is -1.32. The molecule has 4 unspecified atom stereocenters. The molecule has 0 heterocycles. The van der Waals surface area contributed by atoms with E-state index < -0.39 is 65.2 Å². The number of nitrogens with two attached hydrogens (primary N) is 1. The fourth-order valence-corrected chi connectivity index (χ4v) is 4.73. The van der Waals surface area contributed by atoms with E-state index in [1.807, 2.05) is 37.3 Å². The fraction of sp³-hybridized carbons (Fsp3) is 0.514. The number of ether oxygens (including phenoxy) is 2. The van der Waals surface area contributed by atoms with Crippen LogP contribution in [0.25, 0.3) is 0 Å². The second-order valence-corrected chi connectivity index (χ2v) is 13.5. The van der Waals surface area contributed by atoms with Gasteiger partial charge in [-0.25, -0.2) is 9.59 Å². The van der Waals surface area contributed by atoms with Gasteiger partial charge in [0.05, 0.1) is 0 Å². The van der Waals surface area contributed by atoms with Gasteiger partial charge < -0.3 is 35.8 Å². The van der Waals surface area contributed by atoms with Gasteiger partial charge in [0.2, 0.25) is 17.7 Å². The summed E-state index contributed by atoms with van der Waals surface area (Å²) in [6.45, 7) is 13.7. The molecule has 0 saturated heterocycles. The lowest BCUT2D eigenvalue weighted by molar-refractivity contribution is -0.159. The second kappa shape index (κ2) is 16.8. The van der Waals surface area contributed by atoms with E-state index in [0.717, 1.165) is 5.56 Å². The molecule has 4 atom stereocenters. The van der Waals surface area contributed by atoms with Gasteiger partial charge in [-0.15, -0.1) is 0 Å². The largest absolute Gasteiger partial charge is 0.508 e. The Balaban J connectivity index is 2.64. The Morgan fingerprint density at radius 3 is 1.94 bits per heavy atom. The molecule has 2 rings (SSSR count). The molecule has 0 aliphatic rings. The van der Waals surface area contributed by atoms with Gasteiger partial charge in [-0.3, -0.25) is 14.4 Å². The molecule has 2 aromatic carbocycles. The SMILES string of the molecule is CCC(C)N(C(=O)C(CCC(N)=O)NC(=O)OC(C)(C)C)C(C(=O)NC(Cc1ccccc1)C(=O)OC(C)(C)C)c1ccc(O)cc1. The molecule has 12 heteroatoms. The maximum atomic E-state index is 14.4. The number of carbonyl (C=O) groups excluding carboxylic acids is 5. The van der Waals surface area contributed by atoms with Crippen LogP contribution in [0.1, 0.15) is 91.8 Å². The Bertz CT molecular complexity index is 1370. The number of esters is 1. The van der Waals surface area contributed by atoms with E-state index >= 15 is 0 Å². The van der Waals surface area contributed by atoms with Crippen LogP contribution in [0.4, 0.5) is 4.79 Å². The molecule has 4 amide bonds. The van der Waals surface area contributed by atoms with Gasteiger partial charge in [0.15, 0.2) is 0 Å². The van der Waals surface area contributed by atoms with E-state index in [-0.39, 0.29) is 25.0 Å². The highest BCUT2D eigenvalue weighted by molar-refractivity contribution is 5.94. The third kappa shape index (κ3) is 13.0. The van der Waals surface area contributed by atoms with Crippen molar-refractivity contribution in [1.82, 2.24) is 15.5 Å². The third-order valence-corrected chi connectivity index (χ3v) is 7.01. The number of benzene rings is 2. The molecule has 0 fully saturated rings. The molecule has 0 radical (unpaired) electrons. The van der Waals surface area contributed by atoms with Crippen molar-refractivity contribution in [2.24, 2.45) is 5.73 Å². The second-order valence-electron chi connectivity index (χ2n) is 13.5. The van der Waals surface area contributed by atoms with Crippen molar-refractivity contribution in [2.75, 3.05) is 0 Å². The Labute approximate surface area is 277 Å². The highest BCUT2D eigenvalue weighted by Crippen LogP contribution is 2.28. The average molecular weight is 655 g/mol. The van der Waals surface area contributed by atoms with Gasteiger partial charge in [0, 0.05) is 18.9 Å². The molecule has 0 aliphatic heterocycles. The van der Waals surface area contributed by atoms with Crippen molar-refractivity contribution >= 4 is 29.8 Å². The first-order valence-electron chi connectivity index (χ1n) is 15.8. The first-order chi connectivity index (χ1) is 21.8. The van der Waals surface area contributed by atoms with Crippen LogP contribution in [-0.4, -0.2) is 69.1 Å². The number of rotatable bonds is 14. The molecule has 5 N–H and O–H groups in total. The van der Waals surface area contributed by atoms with E-state index in [4.69, 9.17) is 15.2 Å². The molecule has 0 spiro atoms. The van der Waals surface area contributed by atoms with E-state index in [0.29, 0.717) is 12.0 Å². The van der Waals surface area contributed by atoms with Crippen LogP contribution in [0, 0.1) is 0 Å². The summed E-state index contributed by atoms with van der Waals surface area (Å²) < 4.78 is 11.0. The predicted octanol–water partition coefficient (Wildman–Crippen LogP) is 4.29. The standard InChI is InChI=1S/C35H50N4O8/c1-9-22(2)39(31(43)26(19-20-28(36)41)38-33(45)47-35(6,7)8)29(24-15-17-25(40)18-16-24)30(42)37-27(32(44)46-34(3,4)5)21-23-13-11-10-12-14-23/h10-18,22,26-27,29,40H,9,19-21H2,1-8H3,(H2,36,41)(H,37,42)(H,38,45). The summed E-state index contributed by atoms with van der Waals surface area (Å²) in [7, 11) is 0. The summed E-state index contributed by atoms with van der Waals surface area (Å²) in [5.41, 5.74) is 4.79. The highest BCUT2D eigenvalue weighted by atomic mass is 16.6. The van der Waals surface area contributed by atoms with Crippen LogP contribution in [0.15, 0.2) is 54.6 Å². The summed E-state index contributed by atoms with van der Waals surface area (Å²) >= 11 is 0. The molecule has 0 saturated carbocycles. The maximum Gasteiger partial charge on any atom is 0.408 e. The lowest BCUT2D eigenvalue weighted by Crippen LogP contribution is -2.57. The average Bonchev–Trinajstić information content (AvgIpc) is 2.96. The molecule has 12 nitrogen and oxygen atoms in total. The van der Waals surface area contributed by atoms with Gasteiger partial charge in [0.25, 0.3) is 0 Å². The molecular weight excluding hydrogens is 604 g/mol. The number of hydrogen-bond donors (Lipinski definition) is 4. The van der Waals surface area contributed by atoms with Gasteiger partial charge >= 0.3 is 12.1 Å². The summed E-state index contributed by atoms with van der Waals surface area (Å²) in [5.74, 6) is -2.76. The molecule has 0 bridgehead atoms. The predicted molar refractivity (Wildman–Crippen MR) is 177 cm³/mol. The van der Waals surface area contributed by atoms with Crippen molar-refractivity contribution in [1.29, 1.82) is 0 Å². The number of carbonyl (C=O) groups is 5. The number of nitrogens with zero attached hydrogens (tertiary/aromatic N) is 1. The Morgan fingerprint density at radius 2 is 1.43 bits per heavy atom. The van der Waals surface area contributed by atoms with Crippen LogP contribution >= 0.6 is 0 Å². The van der Waals surface area contributed by atoms with Crippen LogP contribution in [0.3, 0.4) is 0 Å². The lowest BCUT2D eigenvalue weighted by Gasteiger charge is -2.38. The zero-order chi connectivity index (χ0) is 35.5. The summed E-state index contributed by atoms with van der Waals surface area (Å²) in [5, 5.41) is 15.4. The molecular formula is C35H50N4O8. The zero-order valence-electron chi connectivity index (χ0n) is 28.7. The van der Waals surface area contributed by atoms with Gasteiger partial charge in [-0.1, -0.05) is 49.4 Å². The third-order valence-electron chi connectivity index (χ3n) is 7.01. The monoisotopic (exact) mass is 654 g/mol. The number of phenolic OH excluding ortho intramolecular Hbond substituents is 1. The first-order valence-corrected chi connectivity index (χ1v) is 15.8. The van der Waals surface area contributed by atoms with Crippen LogP contribution in [0.5, 0.6) is 5.75 Å². The highest BCUT2D eigenvalue weighted by Gasteiger charge is 2.40. The van der Waals surface area contributed by atoms with Crippen LogP contribution < -0.4 is 16.4 Å². The van der Waals surface area contributed by atoms with Crippen molar-refractivity contribution in [3.8, 4) is 5.75 Å². The van der Waals surface area contributed by atoms with Crippen molar-refractivity contribution in [3.63, 3.8) is 0 Å². The summed E-state index contributed by atoms with van der Waals surface area (Å²) in [4.78, 5) is 68.2. The molecule has 258 valence electrons. The van der Waals surface area contributed by atoms with E-state index in [2.05, 4.69) is 10.6 Å². The van der Waals surface area contributed by atoms with E-state index in [1.54, 1.807) is 48.5 Å². The smallest absolute Gasteiger partial charge is 0.408 e. The Morgan fingerprint density at radius 1 is 0.851 bits per heavy atom.